The summed E-state index contributed by atoms with van der Waals surface area (Å²) >= 11 is 0. The number of benzene rings is 2. The molecule has 2 aromatic rings. The number of likely N-dealkylation sites (tertiary alicyclic amines) is 1. The lowest BCUT2D eigenvalue weighted by Crippen LogP contribution is -2.50. The number of rotatable bonds is 4. The van der Waals surface area contributed by atoms with Crippen LogP contribution in [0.15, 0.2) is 60.7 Å². The van der Waals surface area contributed by atoms with E-state index in [4.69, 9.17) is 10.5 Å². The van der Waals surface area contributed by atoms with Gasteiger partial charge in [0.2, 0.25) is 0 Å². The van der Waals surface area contributed by atoms with Crippen LogP contribution in [-0.2, 0) is 16.1 Å². The number of nitrogens with zero attached hydrogens (tertiary/aromatic N) is 2. The van der Waals surface area contributed by atoms with Crippen molar-refractivity contribution in [3.05, 3.63) is 71.8 Å². The summed E-state index contributed by atoms with van der Waals surface area (Å²) in [5.74, 6) is 0.265. The van der Waals surface area contributed by atoms with Gasteiger partial charge >= 0.3 is 0 Å². The maximum Gasteiger partial charge on any atom is 0.253 e. The van der Waals surface area contributed by atoms with Crippen LogP contribution >= 0.6 is 24.8 Å². The van der Waals surface area contributed by atoms with Crippen LogP contribution in [0.1, 0.15) is 17.0 Å². The third-order valence-corrected chi connectivity index (χ3v) is 5.58. The van der Waals surface area contributed by atoms with E-state index >= 15 is 0 Å². The van der Waals surface area contributed by atoms with Crippen LogP contribution in [0, 0.1) is 0 Å². The Balaban J connectivity index is 0.00000150. The number of amides is 1. The molecule has 0 bridgehead atoms. The summed E-state index contributed by atoms with van der Waals surface area (Å²) in [5, 5.41) is 0. The lowest BCUT2D eigenvalue weighted by molar-refractivity contribution is -0.148. The van der Waals surface area contributed by atoms with Gasteiger partial charge in [0.1, 0.15) is 6.10 Å². The monoisotopic (exact) mass is 437 g/mol. The largest absolute Gasteiger partial charge is 0.366 e. The number of hydrogen-bond donors (Lipinski definition) is 1. The van der Waals surface area contributed by atoms with Crippen LogP contribution in [-0.4, -0.2) is 60.6 Å². The number of nitrogens with two attached hydrogens (primary N) is 1. The molecular formula is C22H29Cl2N3O2. The SMILES string of the molecule is Cl.Cl.N[C@@H]1CN(C(=O)C2CN(Cc3ccccc3)CCO2)C[C@H]1c1ccccc1. The molecule has 1 amide bonds. The molecule has 0 radical (unpaired) electrons. The number of carbonyl (C=O) groups excluding carboxylic acids is 1. The fourth-order valence-corrected chi connectivity index (χ4v) is 4.10. The number of hydrogen-bond acceptors (Lipinski definition) is 4. The Hall–Kier alpha value is -1.63. The van der Waals surface area contributed by atoms with E-state index < -0.39 is 6.10 Å². The van der Waals surface area contributed by atoms with E-state index in [1.54, 1.807) is 0 Å². The molecule has 1 unspecified atom stereocenters. The average Bonchev–Trinajstić information content (AvgIpc) is 3.11. The standard InChI is InChI=1S/C22H27N3O2.2ClH/c23-20-15-25(14-19(20)18-9-5-2-6-10-18)22(26)21-16-24(11-12-27-21)13-17-7-3-1-4-8-17;;/h1-10,19-21H,11-16,23H2;2*1H/t19-,20+,21?;;/m0../s1. The van der Waals surface area contributed by atoms with E-state index in [1.807, 2.05) is 41.3 Å². The van der Waals surface area contributed by atoms with E-state index in [0.29, 0.717) is 26.2 Å². The molecule has 0 saturated carbocycles. The first-order valence-corrected chi connectivity index (χ1v) is 9.68. The zero-order valence-electron chi connectivity index (χ0n) is 16.4. The lowest BCUT2D eigenvalue weighted by atomic mass is 9.95. The average molecular weight is 438 g/mol. The van der Waals surface area contributed by atoms with E-state index in [-0.39, 0.29) is 42.7 Å². The van der Waals surface area contributed by atoms with Crippen LogP contribution in [0.3, 0.4) is 0 Å². The van der Waals surface area contributed by atoms with E-state index in [0.717, 1.165) is 13.1 Å². The van der Waals surface area contributed by atoms with Gasteiger partial charge in [-0.3, -0.25) is 9.69 Å². The zero-order chi connectivity index (χ0) is 18.6. The molecule has 7 heteroatoms. The molecule has 2 aromatic carbocycles. The summed E-state index contributed by atoms with van der Waals surface area (Å²) in [6.45, 7) is 4.19. The van der Waals surface area contributed by atoms with Gasteiger partial charge in [-0.1, -0.05) is 60.7 Å². The molecule has 4 rings (SSSR count). The fraction of sp³-hybridized carbons (Fsp3) is 0.409. The van der Waals surface area contributed by atoms with Crippen molar-refractivity contribution < 1.29 is 9.53 Å². The summed E-state index contributed by atoms with van der Waals surface area (Å²) in [4.78, 5) is 17.2. The molecule has 0 aliphatic carbocycles. The molecule has 2 heterocycles. The summed E-state index contributed by atoms with van der Waals surface area (Å²) < 4.78 is 5.82. The number of halogens is 2. The molecule has 158 valence electrons. The quantitative estimate of drug-likeness (QED) is 0.798. The van der Waals surface area contributed by atoms with Crippen LogP contribution in [0.4, 0.5) is 0 Å². The minimum Gasteiger partial charge on any atom is -0.366 e. The molecule has 29 heavy (non-hydrogen) atoms. The van der Waals surface area contributed by atoms with E-state index in [1.165, 1.54) is 11.1 Å². The predicted octanol–water partition coefficient (Wildman–Crippen LogP) is 2.68. The molecule has 2 fully saturated rings. The topological polar surface area (TPSA) is 58.8 Å². The van der Waals surface area contributed by atoms with Crippen molar-refractivity contribution in [1.82, 2.24) is 9.80 Å². The highest BCUT2D eigenvalue weighted by Crippen LogP contribution is 2.27. The molecule has 3 atom stereocenters. The summed E-state index contributed by atoms with van der Waals surface area (Å²) in [5.41, 5.74) is 8.82. The molecule has 0 aromatic heterocycles. The maximum absolute atomic E-state index is 13.0. The van der Waals surface area contributed by atoms with Gasteiger partial charge in [0.05, 0.1) is 6.61 Å². The highest BCUT2D eigenvalue weighted by Gasteiger charge is 2.38. The van der Waals surface area contributed by atoms with E-state index in [9.17, 15) is 4.79 Å². The second-order valence-electron chi connectivity index (χ2n) is 7.50. The highest BCUT2D eigenvalue weighted by molar-refractivity contribution is 5.85. The van der Waals surface area contributed by atoms with Crippen LogP contribution in [0.5, 0.6) is 0 Å². The van der Waals surface area contributed by atoms with Gasteiger partial charge in [0.15, 0.2) is 0 Å². The Labute approximate surface area is 185 Å². The van der Waals surface area contributed by atoms with Gasteiger partial charge in [0, 0.05) is 44.7 Å². The summed E-state index contributed by atoms with van der Waals surface area (Å²) in [6.07, 6.45) is -0.399. The Bertz CT molecular complexity index is 763. The first kappa shape index (κ1) is 23.6. The van der Waals surface area contributed by atoms with Gasteiger partial charge < -0.3 is 15.4 Å². The normalized spacial score (nSPS) is 24.4. The Morgan fingerprint density at radius 2 is 1.62 bits per heavy atom. The second kappa shape index (κ2) is 11.0. The van der Waals surface area contributed by atoms with Gasteiger partial charge in [-0.25, -0.2) is 0 Å². The third-order valence-electron chi connectivity index (χ3n) is 5.58. The van der Waals surface area contributed by atoms with Gasteiger partial charge in [-0.05, 0) is 11.1 Å². The highest BCUT2D eigenvalue weighted by atomic mass is 35.5. The minimum atomic E-state index is -0.399. The molecule has 5 nitrogen and oxygen atoms in total. The molecule has 2 saturated heterocycles. The molecule has 2 aliphatic rings. The lowest BCUT2D eigenvalue weighted by Gasteiger charge is -2.34. The second-order valence-corrected chi connectivity index (χ2v) is 7.50. The van der Waals surface area contributed by atoms with E-state index in [2.05, 4.69) is 29.2 Å². The molecule has 2 N–H and O–H groups in total. The van der Waals surface area contributed by atoms with Crippen molar-refractivity contribution in [1.29, 1.82) is 0 Å². The minimum absolute atomic E-state index is 0. The fourth-order valence-electron chi connectivity index (χ4n) is 4.10. The smallest absolute Gasteiger partial charge is 0.253 e. The first-order chi connectivity index (χ1) is 13.2. The summed E-state index contributed by atoms with van der Waals surface area (Å²) in [6, 6.07) is 20.6. The van der Waals surface area contributed by atoms with Crippen molar-refractivity contribution in [2.24, 2.45) is 5.73 Å². The maximum atomic E-state index is 13.0. The predicted molar refractivity (Wildman–Crippen MR) is 120 cm³/mol. The Kier molecular flexibility index (Phi) is 8.93. The number of ether oxygens (including phenoxy) is 1. The first-order valence-electron chi connectivity index (χ1n) is 9.68. The number of morpholine rings is 1. The Morgan fingerprint density at radius 3 is 2.31 bits per heavy atom. The molecule has 0 spiro atoms. The van der Waals surface area contributed by atoms with Gasteiger partial charge in [0.25, 0.3) is 5.91 Å². The summed E-state index contributed by atoms with van der Waals surface area (Å²) in [7, 11) is 0. The number of carbonyl (C=O) groups is 1. The zero-order valence-corrected chi connectivity index (χ0v) is 18.0. The molecular weight excluding hydrogens is 409 g/mol. The molecule has 2 aliphatic heterocycles. The van der Waals surface area contributed by atoms with Gasteiger partial charge in [-0.2, -0.15) is 0 Å². The van der Waals surface area contributed by atoms with Crippen LogP contribution in [0.2, 0.25) is 0 Å². The van der Waals surface area contributed by atoms with Crippen molar-refractivity contribution in [2.75, 3.05) is 32.8 Å². The van der Waals surface area contributed by atoms with Crippen LogP contribution in [0.25, 0.3) is 0 Å². The van der Waals surface area contributed by atoms with Crippen LogP contribution < -0.4 is 5.73 Å². The Morgan fingerprint density at radius 1 is 0.966 bits per heavy atom. The van der Waals surface area contributed by atoms with Gasteiger partial charge in [-0.15, -0.1) is 24.8 Å². The van der Waals surface area contributed by atoms with Crippen molar-refractivity contribution in [2.45, 2.75) is 24.6 Å². The third kappa shape index (κ3) is 5.71. The van der Waals surface area contributed by atoms with Crippen molar-refractivity contribution >= 4 is 30.7 Å². The van der Waals surface area contributed by atoms with Crippen molar-refractivity contribution in [3.8, 4) is 0 Å². The van der Waals surface area contributed by atoms with Crippen molar-refractivity contribution in [3.63, 3.8) is 0 Å².